The minimum atomic E-state index is -0.297. The summed E-state index contributed by atoms with van der Waals surface area (Å²) in [5.74, 6) is 0.323. The molecule has 26 heavy (non-hydrogen) atoms. The summed E-state index contributed by atoms with van der Waals surface area (Å²) >= 11 is 0. The summed E-state index contributed by atoms with van der Waals surface area (Å²) in [5, 5.41) is 2.79. The highest BCUT2D eigenvalue weighted by molar-refractivity contribution is 6.05. The highest BCUT2D eigenvalue weighted by atomic mass is 16.1. The maximum absolute atomic E-state index is 12.5. The Balaban J connectivity index is 1.75. The van der Waals surface area contributed by atoms with Crippen LogP contribution < -0.4 is 5.32 Å². The number of carbonyl (C=O) groups excluding carboxylic acids is 2. The number of rotatable bonds is 5. The predicted octanol–water partition coefficient (Wildman–Crippen LogP) is 3.83. The Morgan fingerprint density at radius 3 is 2.50 bits per heavy atom. The van der Waals surface area contributed by atoms with Crippen molar-refractivity contribution in [3.8, 4) is 0 Å². The first-order chi connectivity index (χ1) is 12.5. The van der Waals surface area contributed by atoms with Gasteiger partial charge >= 0.3 is 0 Å². The van der Waals surface area contributed by atoms with E-state index in [1.165, 1.54) is 6.92 Å². The van der Waals surface area contributed by atoms with E-state index in [4.69, 9.17) is 0 Å². The lowest BCUT2D eigenvalue weighted by Crippen LogP contribution is -2.16. The molecule has 0 fully saturated rings. The number of aryl methyl sites for hydroxylation is 1. The molecule has 130 valence electrons. The molecule has 0 atom stereocenters. The molecular weight excluding hydrogens is 326 g/mol. The van der Waals surface area contributed by atoms with E-state index in [9.17, 15) is 9.59 Å². The Morgan fingerprint density at radius 2 is 1.81 bits per heavy atom. The van der Waals surface area contributed by atoms with E-state index in [0.29, 0.717) is 34.8 Å². The zero-order valence-corrected chi connectivity index (χ0v) is 14.7. The number of hydrogen-bond donors (Lipinski definition) is 1. The van der Waals surface area contributed by atoms with E-state index in [0.717, 1.165) is 5.56 Å². The molecule has 3 rings (SSSR count). The van der Waals surface area contributed by atoms with Crippen LogP contribution in [0.4, 0.5) is 5.69 Å². The van der Waals surface area contributed by atoms with Gasteiger partial charge in [-0.05, 0) is 31.5 Å². The van der Waals surface area contributed by atoms with Crippen LogP contribution in [0.1, 0.15) is 44.7 Å². The summed E-state index contributed by atoms with van der Waals surface area (Å²) in [6.45, 7) is 3.28. The molecule has 0 unspecified atom stereocenters. The second kappa shape index (κ2) is 7.70. The maximum Gasteiger partial charge on any atom is 0.259 e. The van der Waals surface area contributed by atoms with Crippen LogP contribution >= 0.6 is 0 Å². The van der Waals surface area contributed by atoms with Gasteiger partial charge in [0.15, 0.2) is 5.78 Å². The number of carbonyl (C=O) groups is 2. The van der Waals surface area contributed by atoms with E-state index in [-0.39, 0.29) is 11.7 Å². The maximum atomic E-state index is 12.5. The van der Waals surface area contributed by atoms with Gasteiger partial charge in [0.05, 0.1) is 11.3 Å². The monoisotopic (exact) mass is 345 g/mol. The summed E-state index contributed by atoms with van der Waals surface area (Å²) < 4.78 is 0. The number of nitrogens with zero attached hydrogens (tertiary/aromatic N) is 2. The Kier molecular flexibility index (Phi) is 5.17. The van der Waals surface area contributed by atoms with Crippen molar-refractivity contribution in [3.63, 3.8) is 0 Å². The lowest BCUT2D eigenvalue weighted by Gasteiger charge is -2.09. The number of hydrogen-bond acceptors (Lipinski definition) is 4. The summed E-state index contributed by atoms with van der Waals surface area (Å²) in [4.78, 5) is 32.7. The fourth-order valence-corrected chi connectivity index (χ4v) is 2.62. The topological polar surface area (TPSA) is 72.0 Å². The van der Waals surface area contributed by atoms with Gasteiger partial charge in [-0.25, -0.2) is 9.97 Å². The number of anilines is 1. The largest absolute Gasteiger partial charge is 0.322 e. The van der Waals surface area contributed by atoms with Gasteiger partial charge in [0.25, 0.3) is 5.91 Å². The van der Waals surface area contributed by atoms with Gasteiger partial charge in [-0.15, -0.1) is 0 Å². The summed E-state index contributed by atoms with van der Waals surface area (Å²) in [7, 11) is 0. The van der Waals surface area contributed by atoms with Crippen molar-refractivity contribution in [2.45, 2.75) is 20.3 Å². The van der Waals surface area contributed by atoms with Crippen molar-refractivity contribution in [3.05, 3.63) is 89.0 Å². The molecule has 0 aliphatic heterocycles. The smallest absolute Gasteiger partial charge is 0.259 e. The Morgan fingerprint density at radius 1 is 1.04 bits per heavy atom. The average Bonchev–Trinajstić information content (AvgIpc) is 2.63. The van der Waals surface area contributed by atoms with Crippen LogP contribution in [0.15, 0.2) is 60.8 Å². The molecule has 1 N–H and O–H groups in total. The van der Waals surface area contributed by atoms with Gasteiger partial charge in [-0.3, -0.25) is 9.59 Å². The normalized spacial score (nSPS) is 10.4. The van der Waals surface area contributed by atoms with Crippen LogP contribution in [-0.4, -0.2) is 21.7 Å². The lowest BCUT2D eigenvalue weighted by molar-refractivity contribution is 0.101. The highest BCUT2D eigenvalue weighted by Crippen LogP contribution is 2.14. The van der Waals surface area contributed by atoms with Crippen molar-refractivity contribution in [1.29, 1.82) is 0 Å². The molecule has 0 spiro atoms. The number of ketones is 1. The first-order valence-corrected chi connectivity index (χ1v) is 8.32. The third-order valence-corrected chi connectivity index (χ3v) is 4.01. The van der Waals surface area contributed by atoms with Crippen molar-refractivity contribution >= 4 is 17.4 Å². The van der Waals surface area contributed by atoms with Gasteiger partial charge in [-0.1, -0.05) is 42.5 Å². The molecule has 3 aromatic rings. The molecule has 0 aliphatic rings. The summed E-state index contributed by atoms with van der Waals surface area (Å²) in [6.07, 6.45) is 2.16. The van der Waals surface area contributed by atoms with Crippen LogP contribution in [0.2, 0.25) is 0 Å². The second-order valence-electron chi connectivity index (χ2n) is 6.04. The zero-order valence-electron chi connectivity index (χ0n) is 14.7. The molecular formula is C21H19N3O2. The van der Waals surface area contributed by atoms with Crippen molar-refractivity contribution in [2.75, 3.05) is 5.32 Å². The number of amides is 1. The number of aromatic nitrogens is 2. The minimum absolute atomic E-state index is 0.0501. The summed E-state index contributed by atoms with van der Waals surface area (Å²) in [6, 6.07) is 16.8. The van der Waals surface area contributed by atoms with E-state index >= 15 is 0 Å². The molecule has 5 nitrogen and oxygen atoms in total. The molecule has 0 aliphatic carbocycles. The fourth-order valence-electron chi connectivity index (χ4n) is 2.62. The van der Waals surface area contributed by atoms with Gasteiger partial charge < -0.3 is 5.32 Å². The minimum Gasteiger partial charge on any atom is -0.322 e. The summed E-state index contributed by atoms with van der Waals surface area (Å²) in [5.41, 5.74) is 3.26. The van der Waals surface area contributed by atoms with Crippen LogP contribution in [0.3, 0.4) is 0 Å². The number of Topliss-reactive ketones (excluding diaryl/α,β-unsaturated/α-hetero) is 1. The SMILES string of the molecule is CC(=O)c1cccc(NC(=O)c2cnc(Cc3ccccc3)nc2C)c1. The third kappa shape index (κ3) is 4.19. The van der Waals surface area contributed by atoms with Gasteiger partial charge in [0.2, 0.25) is 0 Å². The molecule has 0 bridgehead atoms. The van der Waals surface area contributed by atoms with Crippen LogP contribution in [0.5, 0.6) is 0 Å². The molecule has 0 saturated heterocycles. The first kappa shape index (κ1) is 17.5. The van der Waals surface area contributed by atoms with Crippen molar-refractivity contribution in [1.82, 2.24) is 9.97 Å². The first-order valence-electron chi connectivity index (χ1n) is 8.32. The fraction of sp³-hybridized carbons (Fsp3) is 0.143. The molecule has 5 heteroatoms. The van der Waals surface area contributed by atoms with E-state index in [1.807, 2.05) is 30.3 Å². The van der Waals surface area contributed by atoms with Gasteiger partial charge in [0, 0.05) is 23.9 Å². The Labute approximate surface area is 152 Å². The highest BCUT2D eigenvalue weighted by Gasteiger charge is 2.13. The van der Waals surface area contributed by atoms with E-state index < -0.39 is 0 Å². The van der Waals surface area contributed by atoms with Crippen molar-refractivity contribution in [2.24, 2.45) is 0 Å². The third-order valence-electron chi connectivity index (χ3n) is 4.01. The van der Waals surface area contributed by atoms with Crippen LogP contribution in [0, 0.1) is 6.92 Å². The molecule has 2 aromatic carbocycles. The molecule has 0 radical (unpaired) electrons. The van der Waals surface area contributed by atoms with Crippen LogP contribution in [-0.2, 0) is 6.42 Å². The predicted molar refractivity (Wildman–Crippen MR) is 100 cm³/mol. The Bertz CT molecular complexity index is 952. The standard InChI is InChI=1S/C21H19N3O2/c1-14-19(13-22-20(23-14)11-16-7-4-3-5-8-16)21(26)24-18-10-6-9-17(12-18)15(2)25/h3-10,12-13H,11H2,1-2H3,(H,24,26). The molecule has 1 amide bonds. The van der Waals surface area contributed by atoms with Crippen LogP contribution in [0.25, 0.3) is 0 Å². The number of nitrogens with one attached hydrogen (secondary N) is 1. The van der Waals surface area contributed by atoms with E-state index in [2.05, 4.69) is 15.3 Å². The average molecular weight is 345 g/mol. The van der Waals surface area contributed by atoms with Gasteiger partial charge in [-0.2, -0.15) is 0 Å². The second-order valence-corrected chi connectivity index (χ2v) is 6.04. The Hall–Kier alpha value is -3.34. The van der Waals surface area contributed by atoms with Gasteiger partial charge in [0.1, 0.15) is 5.82 Å². The van der Waals surface area contributed by atoms with E-state index in [1.54, 1.807) is 37.4 Å². The lowest BCUT2D eigenvalue weighted by atomic mass is 10.1. The number of benzene rings is 2. The molecule has 1 aromatic heterocycles. The molecule has 0 saturated carbocycles. The van der Waals surface area contributed by atoms with Crippen molar-refractivity contribution < 1.29 is 9.59 Å². The zero-order chi connectivity index (χ0) is 18.5. The quantitative estimate of drug-likeness (QED) is 0.713. The molecule has 1 heterocycles.